The molecule has 1 amide bonds. The Morgan fingerprint density at radius 2 is 2.06 bits per heavy atom. The molecule has 1 aliphatic heterocycles. The predicted molar refractivity (Wildman–Crippen MR) is 129 cm³/mol. The Morgan fingerprint density at radius 1 is 1.35 bits per heavy atom. The topological polar surface area (TPSA) is 96.4 Å². The lowest BCUT2D eigenvalue weighted by molar-refractivity contribution is -0.135. The summed E-state index contributed by atoms with van der Waals surface area (Å²) in [6.07, 6.45) is 4.11. The maximum atomic E-state index is 13.5. The Bertz CT molecular complexity index is 1030. The second-order valence-electron chi connectivity index (χ2n) is 9.36. The number of aliphatic hydroxyl groups excluding tert-OH is 1. The lowest BCUT2D eigenvalue weighted by Gasteiger charge is -2.37. The van der Waals surface area contributed by atoms with Crippen LogP contribution in [0.15, 0.2) is 23.1 Å². The number of hydrogen-bond acceptors (Lipinski definition) is 6. The van der Waals surface area contributed by atoms with Crippen LogP contribution >= 0.6 is 0 Å². The van der Waals surface area contributed by atoms with Gasteiger partial charge in [-0.2, -0.15) is 4.31 Å². The average molecular weight is 493 g/mol. The van der Waals surface area contributed by atoms with Crippen molar-refractivity contribution in [3.8, 4) is 17.6 Å². The molecular weight excluding hydrogens is 456 g/mol. The molecule has 3 atom stereocenters. The maximum absolute atomic E-state index is 13.5. The third-order valence-electron chi connectivity index (χ3n) is 6.59. The number of fused-ring (bicyclic) bond motifs is 1. The zero-order chi connectivity index (χ0) is 24.9. The third-order valence-corrected chi connectivity index (χ3v) is 8.61. The van der Waals surface area contributed by atoms with E-state index in [4.69, 9.17) is 9.47 Å². The smallest absolute Gasteiger partial charge is 0.248 e. The first kappa shape index (κ1) is 26.5. The van der Waals surface area contributed by atoms with E-state index in [9.17, 15) is 18.3 Å². The van der Waals surface area contributed by atoms with Gasteiger partial charge in [0.15, 0.2) is 0 Å². The van der Waals surface area contributed by atoms with E-state index in [0.29, 0.717) is 11.5 Å². The minimum absolute atomic E-state index is 0.0435. The number of carbonyl (C=O) groups is 1. The van der Waals surface area contributed by atoms with E-state index >= 15 is 0 Å². The number of methoxy groups -OCH3 is 1. The summed E-state index contributed by atoms with van der Waals surface area (Å²) >= 11 is 0. The van der Waals surface area contributed by atoms with Gasteiger partial charge in [-0.15, -0.1) is 0 Å². The molecule has 0 saturated heterocycles. The van der Waals surface area contributed by atoms with Crippen LogP contribution in [0.1, 0.15) is 45.1 Å². The fourth-order valence-corrected chi connectivity index (χ4v) is 6.21. The lowest BCUT2D eigenvalue weighted by Crippen LogP contribution is -2.50. The van der Waals surface area contributed by atoms with Gasteiger partial charge in [0.1, 0.15) is 23.4 Å². The van der Waals surface area contributed by atoms with Crippen LogP contribution in [0.25, 0.3) is 0 Å². The second kappa shape index (κ2) is 11.5. The molecule has 1 aromatic rings. The first-order valence-electron chi connectivity index (χ1n) is 11.8. The minimum Gasteiger partial charge on any atom is -0.487 e. The number of aliphatic hydroxyl groups is 1. The van der Waals surface area contributed by atoms with Gasteiger partial charge < -0.3 is 19.5 Å². The van der Waals surface area contributed by atoms with Crippen LogP contribution in [0, 0.1) is 23.7 Å². The molecule has 9 heteroatoms. The molecule has 0 unspecified atom stereocenters. The fraction of sp³-hybridized carbons (Fsp3) is 0.640. The number of nitrogens with zero attached hydrogens (tertiary/aromatic N) is 2. The summed E-state index contributed by atoms with van der Waals surface area (Å²) in [4.78, 5) is 13.9. The number of benzene rings is 1. The fourth-order valence-electron chi connectivity index (χ4n) is 4.38. The molecule has 1 aliphatic carbocycles. The summed E-state index contributed by atoms with van der Waals surface area (Å²) < 4.78 is 39.7. The monoisotopic (exact) mass is 492 g/mol. The SMILES string of the molecule is COCC(=O)N(C)C[C@H]1Oc2cc(C#CC3CCCC3)ccc2S(=O)(=O)N([C@@H](C)CO)C[C@H]1C. The average Bonchev–Trinajstić information content (AvgIpc) is 3.33. The number of carbonyl (C=O) groups excluding carboxylic acids is 1. The Labute approximate surface area is 203 Å². The molecule has 0 bridgehead atoms. The van der Waals surface area contributed by atoms with E-state index in [0.717, 1.165) is 12.8 Å². The molecule has 0 radical (unpaired) electrons. The van der Waals surface area contributed by atoms with E-state index in [1.165, 1.54) is 35.2 Å². The van der Waals surface area contributed by atoms with Gasteiger partial charge in [0, 0.05) is 44.1 Å². The number of sulfonamides is 1. The van der Waals surface area contributed by atoms with Crippen molar-refractivity contribution < 1.29 is 27.8 Å². The highest BCUT2D eigenvalue weighted by Crippen LogP contribution is 2.34. The van der Waals surface area contributed by atoms with Crippen molar-refractivity contribution in [1.82, 2.24) is 9.21 Å². The van der Waals surface area contributed by atoms with Crippen molar-refractivity contribution in [3.05, 3.63) is 23.8 Å². The Hall–Kier alpha value is -2.12. The number of hydrogen-bond donors (Lipinski definition) is 1. The normalized spacial score (nSPS) is 23.6. The third kappa shape index (κ3) is 6.11. The maximum Gasteiger partial charge on any atom is 0.248 e. The Balaban J connectivity index is 2.00. The molecule has 1 saturated carbocycles. The van der Waals surface area contributed by atoms with Gasteiger partial charge in [-0.3, -0.25) is 4.79 Å². The highest BCUT2D eigenvalue weighted by atomic mass is 32.2. The number of rotatable bonds is 6. The predicted octanol–water partition coefficient (Wildman–Crippen LogP) is 2.10. The summed E-state index contributed by atoms with van der Waals surface area (Å²) in [6.45, 7) is 3.64. The summed E-state index contributed by atoms with van der Waals surface area (Å²) in [5, 5.41) is 9.75. The van der Waals surface area contributed by atoms with Crippen molar-refractivity contribution in [1.29, 1.82) is 0 Å². The van der Waals surface area contributed by atoms with Crippen LogP contribution in [-0.4, -0.2) is 81.2 Å². The van der Waals surface area contributed by atoms with Gasteiger partial charge in [0.05, 0.1) is 13.2 Å². The Morgan fingerprint density at radius 3 is 2.71 bits per heavy atom. The largest absolute Gasteiger partial charge is 0.487 e. The molecule has 1 N–H and O–H groups in total. The van der Waals surface area contributed by atoms with Crippen LogP contribution in [0.3, 0.4) is 0 Å². The molecule has 1 aromatic carbocycles. The van der Waals surface area contributed by atoms with Crippen LogP contribution in [0.2, 0.25) is 0 Å². The Kier molecular flexibility index (Phi) is 8.99. The van der Waals surface area contributed by atoms with Crippen molar-refractivity contribution in [2.24, 2.45) is 11.8 Å². The molecule has 0 spiro atoms. The standard InChI is InChI=1S/C25H36N2O6S/c1-18-14-27(19(2)16-28)34(30,31)24-12-11-21(10-9-20-7-5-6-8-20)13-22(24)33-23(18)15-26(3)25(29)17-32-4/h11-13,18-20,23,28H,5-8,14-17H2,1-4H3/t18-,19+,23-/m1/s1. The number of likely N-dealkylation sites (N-methyl/N-ethyl adjacent to an activating group) is 1. The van der Waals surface area contributed by atoms with Crippen molar-refractivity contribution >= 4 is 15.9 Å². The van der Waals surface area contributed by atoms with Gasteiger partial charge >= 0.3 is 0 Å². The van der Waals surface area contributed by atoms with Gasteiger partial charge in [0.2, 0.25) is 15.9 Å². The summed E-state index contributed by atoms with van der Waals surface area (Å²) in [5.41, 5.74) is 0.693. The van der Waals surface area contributed by atoms with Crippen molar-refractivity contribution in [2.45, 2.75) is 56.6 Å². The molecule has 188 valence electrons. The van der Waals surface area contributed by atoms with Gasteiger partial charge in [0.25, 0.3) is 0 Å². The molecular formula is C25H36N2O6S. The lowest BCUT2D eigenvalue weighted by atomic mass is 10.0. The van der Waals surface area contributed by atoms with E-state index in [1.807, 2.05) is 6.92 Å². The summed E-state index contributed by atoms with van der Waals surface area (Å²) in [6, 6.07) is 4.32. The molecule has 1 fully saturated rings. The zero-order valence-electron chi connectivity index (χ0n) is 20.5. The van der Waals surface area contributed by atoms with Crippen LogP contribution in [0.4, 0.5) is 0 Å². The van der Waals surface area contributed by atoms with Gasteiger partial charge in [-0.05, 0) is 38.0 Å². The minimum atomic E-state index is -3.91. The molecule has 34 heavy (non-hydrogen) atoms. The van der Waals surface area contributed by atoms with E-state index < -0.39 is 22.2 Å². The van der Waals surface area contributed by atoms with E-state index in [1.54, 1.807) is 26.1 Å². The zero-order valence-corrected chi connectivity index (χ0v) is 21.3. The molecule has 0 aromatic heterocycles. The summed E-state index contributed by atoms with van der Waals surface area (Å²) in [5.74, 6) is 6.65. The van der Waals surface area contributed by atoms with Crippen LogP contribution in [0.5, 0.6) is 5.75 Å². The highest BCUT2D eigenvalue weighted by Gasteiger charge is 2.38. The van der Waals surface area contributed by atoms with Crippen LogP contribution in [-0.2, 0) is 19.6 Å². The molecule has 3 rings (SSSR count). The highest BCUT2D eigenvalue weighted by molar-refractivity contribution is 7.89. The summed E-state index contributed by atoms with van der Waals surface area (Å²) in [7, 11) is -0.777. The first-order chi connectivity index (χ1) is 16.2. The number of ether oxygens (including phenoxy) is 2. The molecule has 8 nitrogen and oxygen atoms in total. The van der Waals surface area contributed by atoms with Gasteiger partial charge in [-0.25, -0.2) is 8.42 Å². The van der Waals surface area contributed by atoms with E-state index in [2.05, 4.69) is 11.8 Å². The molecule has 1 heterocycles. The van der Waals surface area contributed by atoms with E-state index in [-0.39, 0.29) is 48.8 Å². The van der Waals surface area contributed by atoms with Crippen molar-refractivity contribution in [3.63, 3.8) is 0 Å². The van der Waals surface area contributed by atoms with Crippen molar-refractivity contribution in [2.75, 3.05) is 40.5 Å². The first-order valence-corrected chi connectivity index (χ1v) is 13.3. The van der Waals surface area contributed by atoms with Crippen LogP contribution < -0.4 is 4.74 Å². The second-order valence-corrected chi connectivity index (χ2v) is 11.2. The molecule has 2 aliphatic rings. The van der Waals surface area contributed by atoms with Gasteiger partial charge in [-0.1, -0.05) is 31.6 Å². The number of amides is 1. The quantitative estimate of drug-likeness (QED) is 0.611.